The molecular weight excluding hydrogens is 196 g/mol. The quantitative estimate of drug-likeness (QED) is 0.750. The molecule has 2 N–H and O–H groups in total. The third-order valence-corrected chi connectivity index (χ3v) is 3.72. The van der Waals surface area contributed by atoms with Crippen LogP contribution in [0, 0.1) is 0 Å². The lowest BCUT2D eigenvalue weighted by atomic mass is 9.88. The van der Waals surface area contributed by atoms with E-state index in [-0.39, 0.29) is 0 Å². The molecule has 2 unspecified atom stereocenters. The Balaban J connectivity index is 1.96. The Bertz CT molecular complexity index is 478. The number of fused-ring (bicyclic) bond motifs is 1. The zero-order valence-corrected chi connectivity index (χ0v) is 9.66. The summed E-state index contributed by atoms with van der Waals surface area (Å²) in [5.74, 6) is 0.665. The van der Waals surface area contributed by atoms with E-state index in [1.807, 2.05) is 6.20 Å². The Hall–Kier alpha value is -1.28. The molecule has 0 saturated carbocycles. The number of hydrogen-bond acceptors (Lipinski definition) is 1. The minimum atomic E-state index is 0.665. The molecule has 1 aliphatic heterocycles. The number of aromatic amines is 1. The molecule has 1 fully saturated rings. The van der Waals surface area contributed by atoms with E-state index in [2.05, 4.69) is 41.5 Å². The van der Waals surface area contributed by atoms with E-state index in [0.717, 1.165) is 6.54 Å². The van der Waals surface area contributed by atoms with Crippen LogP contribution in [-0.4, -0.2) is 17.6 Å². The molecule has 1 aromatic carbocycles. The van der Waals surface area contributed by atoms with Crippen LogP contribution in [0.25, 0.3) is 10.9 Å². The standard InChI is InChI=1S/C14H18N2/c1-10-5-6-12(9-16-10)13-4-2-3-11-7-8-15-14(11)13/h2-4,7-8,10,12,15-16H,5-6,9H2,1H3. The number of aromatic nitrogens is 1. The third-order valence-electron chi connectivity index (χ3n) is 3.72. The summed E-state index contributed by atoms with van der Waals surface area (Å²) in [6.45, 7) is 3.38. The topological polar surface area (TPSA) is 27.8 Å². The Morgan fingerprint density at radius 1 is 1.19 bits per heavy atom. The number of piperidine rings is 1. The third kappa shape index (κ3) is 1.63. The molecule has 1 aromatic heterocycles. The van der Waals surface area contributed by atoms with Gasteiger partial charge >= 0.3 is 0 Å². The van der Waals surface area contributed by atoms with E-state index in [0.29, 0.717) is 12.0 Å². The average Bonchev–Trinajstić information content (AvgIpc) is 2.78. The van der Waals surface area contributed by atoms with Gasteiger partial charge in [-0.3, -0.25) is 0 Å². The molecule has 0 radical (unpaired) electrons. The zero-order valence-electron chi connectivity index (χ0n) is 9.66. The van der Waals surface area contributed by atoms with Crippen LogP contribution in [0.3, 0.4) is 0 Å². The molecule has 2 aromatic rings. The second-order valence-electron chi connectivity index (χ2n) is 4.87. The first-order chi connectivity index (χ1) is 7.84. The summed E-state index contributed by atoms with van der Waals surface area (Å²) >= 11 is 0. The van der Waals surface area contributed by atoms with E-state index in [9.17, 15) is 0 Å². The normalized spacial score (nSPS) is 26.1. The van der Waals surface area contributed by atoms with E-state index in [1.54, 1.807) is 0 Å². The molecule has 1 aliphatic rings. The predicted octanol–water partition coefficient (Wildman–Crippen LogP) is 3.02. The molecule has 84 valence electrons. The van der Waals surface area contributed by atoms with Crippen LogP contribution in [0.5, 0.6) is 0 Å². The first kappa shape index (κ1) is 9.91. The SMILES string of the molecule is CC1CCC(c2cccc3cc[nH]c23)CN1. The smallest absolute Gasteiger partial charge is 0.0489 e. The lowest BCUT2D eigenvalue weighted by Crippen LogP contribution is -2.35. The number of para-hydroxylation sites is 1. The zero-order chi connectivity index (χ0) is 11.0. The van der Waals surface area contributed by atoms with Gasteiger partial charge in [-0.25, -0.2) is 0 Å². The predicted molar refractivity (Wildman–Crippen MR) is 67.7 cm³/mol. The van der Waals surface area contributed by atoms with Crippen molar-refractivity contribution in [3.05, 3.63) is 36.0 Å². The van der Waals surface area contributed by atoms with Crippen LogP contribution in [-0.2, 0) is 0 Å². The largest absolute Gasteiger partial charge is 0.361 e. The number of benzene rings is 1. The monoisotopic (exact) mass is 214 g/mol. The van der Waals surface area contributed by atoms with Crippen molar-refractivity contribution in [1.29, 1.82) is 0 Å². The first-order valence-electron chi connectivity index (χ1n) is 6.14. The van der Waals surface area contributed by atoms with Crippen molar-refractivity contribution in [2.45, 2.75) is 31.7 Å². The Morgan fingerprint density at radius 3 is 2.94 bits per heavy atom. The highest BCUT2D eigenvalue weighted by Crippen LogP contribution is 2.30. The molecule has 1 saturated heterocycles. The number of rotatable bonds is 1. The maximum Gasteiger partial charge on any atom is 0.0489 e. The molecule has 0 bridgehead atoms. The van der Waals surface area contributed by atoms with Crippen LogP contribution in [0.1, 0.15) is 31.2 Å². The Morgan fingerprint density at radius 2 is 2.12 bits per heavy atom. The van der Waals surface area contributed by atoms with Crippen LogP contribution < -0.4 is 5.32 Å². The summed E-state index contributed by atoms with van der Waals surface area (Å²) in [7, 11) is 0. The number of hydrogen-bond donors (Lipinski definition) is 2. The minimum absolute atomic E-state index is 0.665. The molecular formula is C14H18N2. The summed E-state index contributed by atoms with van der Waals surface area (Å²) < 4.78 is 0. The fourth-order valence-corrected chi connectivity index (χ4v) is 2.71. The van der Waals surface area contributed by atoms with Crippen molar-refractivity contribution in [2.24, 2.45) is 0 Å². The number of nitrogens with one attached hydrogen (secondary N) is 2. The van der Waals surface area contributed by atoms with Crippen LogP contribution in [0.15, 0.2) is 30.5 Å². The van der Waals surface area contributed by atoms with Gasteiger partial charge in [-0.05, 0) is 42.7 Å². The molecule has 0 spiro atoms. The summed E-state index contributed by atoms with van der Waals surface area (Å²) in [6.07, 6.45) is 4.61. The Labute approximate surface area is 96.1 Å². The minimum Gasteiger partial charge on any atom is -0.361 e. The van der Waals surface area contributed by atoms with Gasteiger partial charge in [0.25, 0.3) is 0 Å². The fraction of sp³-hybridized carbons (Fsp3) is 0.429. The van der Waals surface area contributed by atoms with Gasteiger partial charge in [-0.15, -0.1) is 0 Å². The molecule has 0 amide bonds. The molecule has 2 nitrogen and oxygen atoms in total. The first-order valence-corrected chi connectivity index (χ1v) is 6.14. The molecule has 3 rings (SSSR count). The molecule has 2 heterocycles. The van der Waals surface area contributed by atoms with Crippen molar-refractivity contribution in [1.82, 2.24) is 10.3 Å². The lowest BCUT2D eigenvalue weighted by molar-refractivity contribution is 0.386. The summed E-state index contributed by atoms with van der Waals surface area (Å²) in [5, 5.41) is 4.90. The molecule has 16 heavy (non-hydrogen) atoms. The Kier molecular flexibility index (Phi) is 2.44. The van der Waals surface area contributed by atoms with Gasteiger partial charge in [0.05, 0.1) is 0 Å². The van der Waals surface area contributed by atoms with Crippen LogP contribution in [0.2, 0.25) is 0 Å². The van der Waals surface area contributed by atoms with Gasteiger partial charge in [0, 0.05) is 24.3 Å². The molecule has 2 heteroatoms. The summed E-state index contributed by atoms with van der Waals surface area (Å²) in [4.78, 5) is 3.37. The average molecular weight is 214 g/mol. The summed E-state index contributed by atoms with van der Waals surface area (Å²) in [6, 6.07) is 9.44. The van der Waals surface area contributed by atoms with Crippen LogP contribution in [0.4, 0.5) is 0 Å². The van der Waals surface area contributed by atoms with E-state index < -0.39 is 0 Å². The maximum absolute atomic E-state index is 3.57. The van der Waals surface area contributed by atoms with Crippen molar-refractivity contribution < 1.29 is 0 Å². The van der Waals surface area contributed by atoms with Crippen molar-refractivity contribution in [2.75, 3.05) is 6.54 Å². The van der Waals surface area contributed by atoms with Gasteiger partial charge in [-0.1, -0.05) is 18.2 Å². The van der Waals surface area contributed by atoms with Gasteiger partial charge in [0.15, 0.2) is 0 Å². The van der Waals surface area contributed by atoms with Crippen molar-refractivity contribution >= 4 is 10.9 Å². The molecule has 0 aliphatic carbocycles. The van der Waals surface area contributed by atoms with E-state index in [4.69, 9.17) is 0 Å². The highest BCUT2D eigenvalue weighted by atomic mass is 14.9. The van der Waals surface area contributed by atoms with Gasteiger partial charge < -0.3 is 10.3 Å². The second-order valence-corrected chi connectivity index (χ2v) is 4.87. The maximum atomic E-state index is 3.57. The van der Waals surface area contributed by atoms with E-state index >= 15 is 0 Å². The van der Waals surface area contributed by atoms with Gasteiger partial charge in [0.2, 0.25) is 0 Å². The highest BCUT2D eigenvalue weighted by molar-refractivity contribution is 5.83. The van der Waals surface area contributed by atoms with E-state index in [1.165, 1.54) is 29.3 Å². The van der Waals surface area contributed by atoms with Gasteiger partial charge in [-0.2, -0.15) is 0 Å². The lowest BCUT2D eigenvalue weighted by Gasteiger charge is -2.28. The second kappa shape index (κ2) is 3.95. The van der Waals surface area contributed by atoms with Crippen molar-refractivity contribution in [3.63, 3.8) is 0 Å². The van der Waals surface area contributed by atoms with Crippen LogP contribution >= 0.6 is 0 Å². The fourth-order valence-electron chi connectivity index (χ4n) is 2.71. The summed E-state index contributed by atoms with van der Waals surface area (Å²) in [5.41, 5.74) is 2.80. The van der Waals surface area contributed by atoms with Gasteiger partial charge in [0.1, 0.15) is 0 Å². The van der Waals surface area contributed by atoms with Crippen molar-refractivity contribution in [3.8, 4) is 0 Å². The highest BCUT2D eigenvalue weighted by Gasteiger charge is 2.20. The molecule has 2 atom stereocenters. The number of H-pyrrole nitrogens is 1.